The third-order valence-electron chi connectivity index (χ3n) is 0.908. The van der Waals surface area contributed by atoms with E-state index >= 15 is 0 Å². The van der Waals surface area contributed by atoms with Gasteiger partial charge < -0.3 is 0 Å². The van der Waals surface area contributed by atoms with Crippen LogP contribution >= 0.6 is 21.4 Å². The molecule has 5 heteroatoms. The lowest BCUT2D eigenvalue weighted by Crippen LogP contribution is -1.63. The summed E-state index contributed by atoms with van der Waals surface area (Å²) < 4.78 is 18.3. The molecule has 0 fully saturated rings. The second-order valence-electron chi connectivity index (χ2n) is 1.78. The zero-order valence-corrected chi connectivity index (χ0v) is 7.59. The SMILES string of the molecule is C1=CCCC1.O=S(=O)(Cl)Cl. The van der Waals surface area contributed by atoms with E-state index in [2.05, 4.69) is 33.5 Å². The summed E-state index contributed by atoms with van der Waals surface area (Å²) >= 11 is 0. The molecule has 2 nitrogen and oxygen atoms in total. The number of hydrogen-bond donors (Lipinski definition) is 0. The molecule has 0 bridgehead atoms. The first kappa shape index (κ1) is 10.3. The van der Waals surface area contributed by atoms with Crippen molar-refractivity contribution in [3.63, 3.8) is 0 Å². The summed E-state index contributed by atoms with van der Waals surface area (Å²) in [7, 11) is 4.81. The van der Waals surface area contributed by atoms with Crippen molar-refractivity contribution in [3.8, 4) is 0 Å². The van der Waals surface area contributed by atoms with Crippen LogP contribution in [0.1, 0.15) is 19.3 Å². The highest BCUT2D eigenvalue weighted by molar-refractivity contribution is 8.31. The van der Waals surface area contributed by atoms with E-state index in [1.807, 2.05) is 0 Å². The molecule has 10 heavy (non-hydrogen) atoms. The predicted molar refractivity (Wildman–Crippen MR) is 43.6 cm³/mol. The molecular formula is C5H8Cl2O2S. The van der Waals surface area contributed by atoms with Crippen molar-refractivity contribution in [2.75, 3.05) is 0 Å². The van der Waals surface area contributed by atoms with E-state index in [4.69, 9.17) is 8.42 Å². The molecule has 0 spiro atoms. The highest BCUT2D eigenvalue weighted by Gasteiger charge is 1.88. The summed E-state index contributed by atoms with van der Waals surface area (Å²) in [6.45, 7) is 0. The first-order valence-electron chi connectivity index (χ1n) is 2.79. The van der Waals surface area contributed by atoms with Gasteiger partial charge in [-0.15, -0.1) is 0 Å². The van der Waals surface area contributed by atoms with Crippen LogP contribution in [0.2, 0.25) is 0 Å². The molecule has 0 radical (unpaired) electrons. The molecule has 0 aromatic carbocycles. The lowest BCUT2D eigenvalue weighted by molar-refractivity contribution is 0.621. The maximum Gasteiger partial charge on any atom is 0.317 e. The molecule has 0 saturated carbocycles. The normalized spacial score (nSPS) is 16.2. The minimum atomic E-state index is -3.72. The van der Waals surface area contributed by atoms with Crippen molar-refractivity contribution in [1.82, 2.24) is 0 Å². The second-order valence-corrected chi connectivity index (χ2v) is 5.45. The molecule has 1 rings (SSSR count). The van der Waals surface area contributed by atoms with Gasteiger partial charge in [-0.25, -0.2) is 0 Å². The molecule has 1 aliphatic rings. The average Bonchev–Trinajstić information content (AvgIpc) is 2.07. The molecule has 0 N–H and O–H groups in total. The highest BCUT2D eigenvalue weighted by Crippen LogP contribution is 2.05. The van der Waals surface area contributed by atoms with Crippen LogP contribution < -0.4 is 0 Å². The molecule has 0 saturated heterocycles. The third-order valence-corrected chi connectivity index (χ3v) is 0.908. The lowest BCUT2D eigenvalue weighted by Gasteiger charge is -1.69. The van der Waals surface area contributed by atoms with Crippen LogP contribution in [0.5, 0.6) is 0 Å². The Labute approximate surface area is 69.7 Å². The number of halogens is 2. The lowest BCUT2D eigenvalue weighted by atomic mass is 10.4. The van der Waals surface area contributed by atoms with Crippen molar-refractivity contribution in [3.05, 3.63) is 12.2 Å². The zero-order chi connectivity index (χ0) is 8.04. The topological polar surface area (TPSA) is 34.1 Å². The van der Waals surface area contributed by atoms with Gasteiger partial charge in [-0.1, -0.05) is 12.2 Å². The van der Waals surface area contributed by atoms with Crippen molar-refractivity contribution in [2.24, 2.45) is 0 Å². The summed E-state index contributed by atoms with van der Waals surface area (Å²) in [4.78, 5) is 0. The largest absolute Gasteiger partial charge is 0.317 e. The molecule has 0 aromatic rings. The Morgan fingerprint density at radius 2 is 1.40 bits per heavy atom. The number of rotatable bonds is 0. The van der Waals surface area contributed by atoms with Crippen LogP contribution in [0.15, 0.2) is 12.2 Å². The van der Waals surface area contributed by atoms with Gasteiger partial charge >= 0.3 is 8.26 Å². The molecule has 1 aliphatic carbocycles. The minimum Gasteiger partial charge on any atom is -0.195 e. The van der Waals surface area contributed by atoms with Crippen LogP contribution in [0, 0.1) is 0 Å². The Bertz CT molecular complexity index is 182. The van der Waals surface area contributed by atoms with Crippen molar-refractivity contribution in [1.29, 1.82) is 0 Å². The summed E-state index contributed by atoms with van der Waals surface area (Å²) in [6.07, 6.45) is 8.50. The van der Waals surface area contributed by atoms with Crippen molar-refractivity contribution in [2.45, 2.75) is 19.3 Å². The van der Waals surface area contributed by atoms with E-state index in [9.17, 15) is 0 Å². The summed E-state index contributed by atoms with van der Waals surface area (Å²) in [5.41, 5.74) is 0. The first-order chi connectivity index (χ1) is 4.50. The van der Waals surface area contributed by atoms with E-state index in [1.54, 1.807) is 0 Å². The minimum absolute atomic E-state index is 1.32. The molecule has 60 valence electrons. The number of allylic oxidation sites excluding steroid dienone is 2. The van der Waals surface area contributed by atoms with E-state index in [-0.39, 0.29) is 0 Å². The molecule has 0 aromatic heterocycles. The number of hydrogen-bond acceptors (Lipinski definition) is 2. The molecule has 0 amide bonds. The van der Waals surface area contributed by atoms with Gasteiger partial charge in [0.1, 0.15) is 0 Å². The standard InChI is InChI=1S/C5H8.Cl2O2S/c1-2-4-5-3-1;1-5(2,3)4/h1-2H,3-5H2;. The van der Waals surface area contributed by atoms with Gasteiger partial charge in [-0.3, -0.25) is 0 Å². The van der Waals surface area contributed by atoms with Gasteiger partial charge in [0, 0.05) is 21.4 Å². The Balaban J connectivity index is 0.000000162. The van der Waals surface area contributed by atoms with Crippen LogP contribution in [0.25, 0.3) is 0 Å². The molecule has 0 atom stereocenters. The van der Waals surface area contributed by atoms with Crippen molar-refractivity contribution >= 4 is 29.6 Å². The van der Waals surface area contributed by atoms with E-state index in [1.165, 1.54) is 19.3 Å². The van der Waals surface area contributed by atoms with Crippen LogP contribution in [-0.4, -0.2) is 8.42 Å². The van der Waals surface area contributed by atoms with Gasteiger partial charge in [0.2, 0.25) is 0 Å². The average molecular weight is 203 g/mol. The Kier molecular flexibility index (Phi) is 5.13. The predicted octanol–water partition coefficient (Wildman–Crippen LogP) is 2.44. The maximum absolute atomic E-state index is 9.16. The molecule has 0 aliphatic heterocycles. The quantitative estimate of drug-likeness (QED) is 0.447. The highest BCUT2D eigenvalue weighted by atomic mass is 36.0. The zero-order valence-electron chi connectivity index (χ0n) is 5.26. The monoisotopic (exact) mass is 202 g/mol. The molecule has 0 heterocycles. The fourth-order valence-electron chi connectivity index (χ4n) is 0.589. The maximum atomic E-state index is 9.16. The van der Waals surface area contributed by atoms with E-state index in [0.29, 0.717) is 0 Å². The summed E-state index contributed by atoms with van der Waals surface area (Å²) in [5.74, 6) is 0. The fraction of sp³-hybridized carbons (Fsp3) is 0.600. The van der Waals surface area contributed by atoms with E-state index < -0.39 is 8.26 Å². The van der Waals surface area contributed by atoms with Crippen LogP contribution in [0.4, 0.5) is 0 Å². The smallest absolute Gasteiger partial charge is 0.195 e. The van der Waals surface area contributed by atoms with E-state index in [0.717, 1.165) is 0 Å². The van der Waals surface area contributed by atoms with Gasteiger partial charge in [-0.05, 0) is 19.3 Å². The van der Waals surface area contributed by atoms with Crippen LogP contribution in [-0.2, 0) is 8.26 Å². The fourth-order valence-corrected chi connectivity index (χ4v) is 0.589. The Morgan fingerprint density at radius 3 is 1.50 bits per heavy atom. The Hall–Kier alpha value is 0.270. The van der Waals surface area contributed by atoms with Gasteiger partial charge in [-0.2, -0.15) is 8.42 Å². The Morgan fingerprint density at radius 1 is 1.10 bits per heavy atom. The van der Waals surface area contributed by atoms with Crippen LogP contribution in [0.3, 0.4) is 0 Å². The summed E-state index contributed by atoms with van der Waals surface area (Å²) in [6, 6.07) is 0. The van der Waals surface area contributed by atoms with Gasteiger partial charge in [0.25, 0.3) is 0 Å². The summed E-state index contributed by atoms with van der Waals surface area (Å²) in [5, 5.41) is 0. The first-order valence-corrected chi connectivity index (χ1v) is 5.93. The molecule has 0 unspecified atom stereocenters. The third kappa shape index (κ3) is 15.7. The van der Waals surface area contributed by atoms with Gasteiger partial charge in [0.05, 0.1) is 0 Å². The van der Waals surface area contributed by atoms with Crippen molar-refractivity contribution < 1.29 is 8.42 Å². The van der Waals surface area contributed by atoms with Gasteiger partial charge in [0.15, 0.2) is 0 Å². The molecular weight excluding hydrogens is 195 g/mol. The second kappa shape index (κ2) is 4.99.